The summed E-state index contributed by atoms with van der Waals surface area (Å²) in [6, 6.07) is 7.34. The van der Waals surface area contributed by atoms with E-state index >= 15 is 0 Å². The number of phenols is 1. The molecule has 0 unspecified atom stereocenters. The van der Waals surface area contributed by atoms with Gasteiger partial charge in [0.15, 0.2) is 0 Å². The van der Waals surface area contributed by atoms with Crippen LogP contribution in [-0.2, 0) is 11.2 Å². The number of unbranched alkanes of at least 4 members (excludes halogenated alkanes) is 5. The zero-order chi connectivity index (χ0) is 13.2. The van der Waals surface area contributed by atoms with E-state index in [1.165, 1.54) is 12.0 Å². The summed E-state index contributed by atoms with van der Waals surface area (Å²) in [7, 11) is 0. The van der Waals surface area contributed by atoms with Gasteiger partial charge in [0, 0.05) is 5.97 Å². The first-order valence-electron chi connectivity index (χ1n) is 6.66. The Morgan fingerprint density at radius 3 is 2.05 bits per heavy atom. The van der Waals surface area contributed by atoms with Crippen LogP contribution in [0, 0.1) is 0 Å². The summed E-state index contributed by atoms with van der Waals surface area (Å²) in [5, 5.41) is 19.3. The number of carbonyl (C=O) groups excluding carboxylic acids is 1. The standard InChI is InChI=1S/C15H22O3.Na/c16-14-11-9-13(10-12-14)7-5-3-1-2-4-6-8-15(17)18;/h9-12,16H,1-8H2,(H,17,18);/q;+1/p-1. The molecular formula is C15H21NaO3. The van der Waals surface area contributed by atoms with Crippen LogP contribution in [0.4, 0.5) is 0 Å². The van der Waals surface area contributed by atoms with Crippen molar-refractivity contribution in [3.8, 4) is 5.75 Å². The smallest absolute Gasteiger partial charge is 0.550 e. The third-order valence-corrected chi connectivity index (χ3v) is 3.03. The Morgan fingerprint density at radius 1 is 0.947 bits per heavy atom. The first kappa shape index (κ1) is 18.5. The Bertz CT molecular complexity index is 349. The van der Waals surface area contributed by atoms with E-state index in [9.17, 15) is 9.90 Å². The average Bonchev–Trinajstić information content (AvgIpc) is 2.34. The van der Waals surface area contributed by atoms with Gasteiger partial charge in [-0.15, -0.1) is 0 Å². The molecular weight excluding hydrogens is 251 g/mol. The van der Waals surface area contributed by atoms with Crippen LogP contribution in [0.2, 0.25) is 0 Å². The summed E-state index contributed by atoms with van der Waals surface area (Å²) in [5.74, 6) is -0.631. The van der Waals surface area contributed by atoms with Gasteiger partial charge in [0.2, 0.25) is 0 Å². The summed E-state index contributed by atoms with van der Waals surface area (Å²) < 4.78 is 0. The topological polar surface area (TPSA) is 60.4 Å². The number of hydrogen-bond donors (Lipinski definition) is 1. The number of aryl methyl sites for hydroxylation is 1. The third-order valence-electron chi connectivity index (χ3n) is 3.03. The molecule has 0 radical (unpaired) electrons. The molecule has 0 saturated carbocycles. The van der Waals surface area contributed by atoms with Crippen LogP contribution >= 0.6 is 0 Å². The van der Waals surface area contributed by atoms with E-state index in [1.54, 1.807) is 12.1 Å². The average molecular weight is 272 g/mol. The molecule has 0 saturated heterocycles. The molecule has 0 spiro atoms. The number of benzene rings is 1. The van der Waals surface area contributed by atoms with Gasteiger partial charge in [0.05, 0.1) is 0 Å². The molecule has 0 fully saturated rings. The number of carbonyl (C=O) groups is 1. The number of carboxylic acid groups (broad SMARTS) is 1. The van der Waals surface area contributed by atoms with Crippen LogP contribution in [0.5, 0.6) is 5.75 Å². The monoisotopic (exact) mass is 272 g/mol. The van der Waals surface area contributed by atoms with Crippen LogP contribution in [-0.4, -0.2) is 11.1 Å². The fraction of sp³-hybridized carbons (Fsp3) is 0.533. The van der Waals surface area contributed by atoms with Gasteiger partial charge >= 0.3 is 29.6 Å². The van der Waals surface area contributed by atoms with Gasteiger partial charge in [-0.2, -0.15) is 0 Å². The fourth-order valence-electron chi connectivity index (χ4n) is 1.97. The van der Waals surface area contributed by atoms with Crippen molar-refractivity contribution in [2.24, 2.45) is 0 Å². The minimum Gasteiger partial charge on any atom is -0.550 e. The van der Waals surface area contributed by atoms with Crippen molar-refractivity contribution in [1.82, 2.24) is 0 Å². The Labute approximate surface area is 137 Å². The number of aliphatic carboxylic acids is 1. The molecule has 0 aromatic heterocycles. The van der Waals surface area contributed by atoms with Gasteiger partial charge in [-0.1, -0.05) is 37.8 Å². The maximum absolute atomic E-state index is 10.2. The summed E-state index contributed by atoms with van der Waals surface area (Å²) in [4.78, 5) is 10.2. The van der Waals surface area contributed by atoms with Crippen LogP contribution in [0.1, 0.15) is 50.5 Å². The van der Waals surface area contributed by atoms with Gasteiger partial charge in [0.25, 0.3) is 0 Å². The van der Waals surface area contributed by atoms with Crippen molar-refractivity contribution >= 4 is 5.97 Å². The molecule has 1 aromatic rings. The van der Waals surface area contributed by atoms with Gasteiger partial charge in [-0.25, -0.2) is 0 Å². The zero-order valence-corrected chi connectivity index (χ0v) is 13.7. The number of carboxylic acids is 1. The molecule has 0 heterocycles. The summed E-state index contributed by atoms with van der Waals surface area (Å²) in [5.41, 5.74) is 1.25. The fourth-order valence-corrected chi connectivity index (χ4v) is 1.97. The van der Waals surface area contributed by atoms with Gasteiger partial charge in [-0.05, 0) is 43.4 Å². The van der Waals surface area contributed by atoms with Crippen molar-refractivity contribution in [3.63, 3.8) is 0 Å². The molecule has 3 nitrogen and oxygen atoms in total. The molecule has 1 aromatic carbocycles. The third kappa shape index (κ3) is 10.00. The maximum atomic E-state index is 10.2. The van der Waals surface area contributed by atoms with Crippen molar-refractivity contribution in [2.45, 2.75) is 51.4 Å². The zero-order valence-electron chi connectivity index (χ0n) is 11.7. The summed E-state index contributed by atoms with van der Waals surface area (Å²) in [6.45, 7) is 0. The summed E-state index contributed by atoms with van der Waals surface area (Å²) in [6.07, 6.45) is 7.52. The quantitative estimate of drug-likeness (QED) is 0.483. The number of rotatable bonds is 9. The normalized spacial score (nSPS) is 9.89. The number of aromatic hydroxyl groups is 1. The van der Waals surface area contributed by atoms with E-state index in [4.69, 9.17) is 5.11 Å². The largest absolute Gasteiger partial charge is 1.00 e. The molecule has 0 aliphatic heterocycles. The molecule has 4 heteroatoms. The molecule has 0 amide bonds. The molecule has 1 rings (SSSR count). The number of hydrogen-bond acceptors (Lipinski definition) is 3. The van der Waals surface area contributed by atoms with Crippen molar-refractivity contribution in [1.29, 1.82) is 0 Å². The van der Waals surface area contributed by atoms with Crippen LogP contribution in [0.25, 0.3) is 0 Å². The van der Waals surface area contributed by atoms with E-state index in [0.717, 1.165) is 38.5 Å². The molecule has 19 heavy (non-hydrogen) atoms. The van der Waals surface area contributed by atoms with Crippen molar-refractivity contribution in [2.75, 3.05) is 0 Å². The second-order valence-electron chi connectivity index (χ2n) is 4.66. The number of phenolic OH excluding ortho intramolecular Hbond substituents is 1. The predicted octanol–water partition coefficient (Wildman–Crippen LogP) is -0.581. The SMILES string of the molecule is O=C([O-])CCCCCCCCc1ccc(O)cc1.[Na+]. The minimum absolute atomic E-state index is 0. The summed E-state index contributed by atoms with van der Waals surface area (Å²) >= 11 is 0. The molecule has 1 N–H and O–H groups in total. The Balaban J connectivity index is 0.00000324. The van der Waals surface area contributed by atoms with Crippen molar-refractivity contribution in [3.05, 3.63) is 29.8 Å². The first-order chi connectivity index (χ1) is 8.68. The van der Waals surface area contributed by atoms with E-state index in [0.29, 0.717) is 5.75 Å². The van der Waals surface area contributed by atoms with Gasteiger partial charge in [-0.3, -0.25) is 0 Å². The van der Waals surface area contributed by atoms with Crippen molar-refractivity contribution < 1.29 is 44.6 Å². The minimum atomic E-state index is -0.942. The Morgan fingerprint density at radius 2 is 1.47 bits per heavy atom. The first-order valence-corrected chi connectivity index (χ1v) is 6.66. The Kier molecular flexibility index (Phi) is 11.0. The van der Waals surface area contributed by atoms with E-state index in [1.807, 2.05) is 12.1 Å². The van der Waals surface area contributed by atoms with E-state index in [-0.39, 0.29) is 36.0 Å². The predicted molar refractivity (Wildman–Crippen MR) is 69.1 cm³/mol. The van der Waals surface area contributed by atoms with Crippen LogP contribution < -0.4 is 34.7 Å². The molecule has 0 aliphatic rings. The Hall–Kier alpha value is -0.510. The van der Waals surface area contributed by atoms with Gasteiger partial charge < -0.3 is 15.0 Å². The molecule has 100 valence electrons. The van der Waals surface area contributed by atoms with Gasteiger partial charge in [0.1, 0.15) is 5.75 Å². The van der Waals surface area contributed by atoms with E-state index < -0.39 is 5.97 Å². The molecule has 0 aliphatic carbocycles. The second-order valence-corrected chi connectivity index (χ2v) is 4.66. The molecule has 0 atom stereocenters. The van der Waals surface area contributed by atoms with Crippen LogP contribution in [0.15, 0.2) is 24.3 Å². The second kappa shape index (κ2) is 11.3. The molecule has 0 bridgehead atoms. The maximum Gasteiger partial charge on any atom is 1.00 e. The van der Waals surface area contributed by atoms with Crippen LogP contribution in [0.3, 0.4) is 0 Å². The van der Waals surface area contributed by atoms with E-state index in [2.05, 4.69) is 0 Å².